The lowest BCUT2D eigenvalue weighted by molar-refractivity contribution is 0.146. The van der Waals surface area contributed by atoms with Gasteiger partial charge in [-0.3, -0.25) is 0 Å². The van der Waals surface area contributed by atoms with Crippen LogP contribution >= 0.6 is 0 Å². The van der Waals surface area contributed by atoms with Gasteiger partial charge in [0.1, 0.15) is 11.5 Å². The molecule has 0 aliphatic carbocycles. The van der Waals surface area contributed by atoms with E-state index < -0.39 is 0 Å². The Morgan fingerprint density at radius 3 is 2.55 bits per heavy atom. The van der Waals surface area contributed by atoms with Crippen LogP contribution in [0.5, 0.6) is 17.4 Å². The maximum atomic E-state index is 12.8. The van der Waals surface area contributed by atoms with E-state index in [1.165, 1.54) is 0 Å². The van der Waals surface area contributed by atoms with Crippen LogP contribution < -0.4 is 14.8 Å². The molecule has 0 radical (unpaired) electrons. The molecule has 8 nitrogen and oxygen atoms in total. The van der Waals surface area contributed by atoms with Gasteiger partial charge in [0, 0.05) is 26.3 Å². The Morgan fingerprint density at radius 2 is 1.85 bits per heavy atom. The SMILES string of the molecule is CCCNC(=O)N(CCOC)Cc1c(C)nn(-c2ccccc2)c1Oc1cccc(OC)c1. The van der Waals surface area contributed by atoms with E-state index in [4.69, 9.17) is 19.3 Å². The molecule has 0 spiro atoms. The molecule has 0 fully saturated rings. The van der Waals surface area contributed by atoms with Gasteiger partial charge < -0.3 is 24.4 Å². The minimum absolute atomic E-state index is 0.145. The largest absolute Gasteiger partial charge is 0.497 e. The molecule has 2 amide bonds. The molecule has 0 saturated carbocycles. The summed E-state index contributed by atoms with van der Waals surface area (Å²) >= 11 is 0. The predicted octanol–water partition coefficient (Wildman–Crippen LogP) is 4.55. The normalized spacial score (nSPS) is 10.7. The highest BCUT2D eigenvalue weighted by Crippen LogP contribution is 2.32. The number of benzene rings is 2. The molecular weight excluding hydrogens is 420 g/mol. The maximum absolute atomic E-state index is 12.8. The highest BCUT2D eigenvalue weighted by Gasteiger charge is 2.23. The molecule has 2 aromatic carbocycles. The van der Waals surface area contributed by atoms with Crippen molar-refractivity contribution < 1.29 is 19.0 Å². The first kappa shape index (κ1) is 24.1. The number of nitrogens with one attached hydrogen (secondary N) is 1. The summed E-state index contributed by atoms with van der Waals surface area (Å²) < 4.78 is 18.7. The topological polar surface area (TPSA) is 77.9 Å². The number of hydrogen-bond donors (Lipinski definition) is 1. The Morgan fingerprint density at radius 1 is 1.09 bits per heavy atom. The number of rotatable bonds is 11. The summed E-state index contributed by atoms with van der Waals surface area (Å²) in [5, 5.41) is 7.70. The van der Waals surface area contributed by atoms with E-state index in [1.54, 1.807) is 23.8 Å². The summed E-state index contributed by atoms with van der Waals surface area (Å²) in [6.45, 7) is 5.76. The van der Waals surface area contributed by atoms with Crippen molar-refractivity contribution in [1.82, 2.24) is 20.0 Å². The van der Waals surface area contributed by atoms with Gasteiger partial charge in [-0.25, -0.2) is 9.48 Å². The standard InChI is InChI=1S/C25H32N4O4/c1-5-14-26-25(30)28(15-16-31-3)18-23-19(2)27-29(20-10-7-6-8-11-20)24(23)33-22-13-9-12-21(17-22)32-4/h6-13,17H,5,14-16,18H2,1-4H3,(H,26,30). The van der Waals surface area contributed by atoms with Gasteiger partial charge in [0.25, 0.3) is 0 Å². The van der Waals surface area contributed by atoms with Crippen molar-refractivity contribution in [2.45, 2.75) is 26.8 Å². The van der Waals surface area contributed by atoms with Crippen LogP contribution in [-0.4, -0.2) is 54.6 Å². The number of carbonyl (C=O) groups is 1. The number of aryl methyl sites for hydroxylation is 1. The molecule has 0 saturated heterocycles. The third kappa shape index (κ3) is 6.26. The van der Waals surface area contributed by atoms with Crippen molar-refractivity contribution in [2.75, 3.05) is 33.9 Å². The van der Waals surface area contributed by atoms with Crippen LogP contribution in [0.3, 0.4) is 0 Å². The number of carbonyl (C=O) groups excluding carboxylic acids is 1. The van der Waals surface area contributed by atoms with Crippen molar-refractivity contribution in [1.29, 1.82) is 0 Å². The van der Waals surface area contributed by atoms with Crippen molar-refractivity contribution in [3.8, 4) is 23.1 Å². The van der Waals surface area contributed by atoms with Gasteiger partial charge in [-0.15, -0.1) is 0 Å². The third-order valence-corrected chi connectivity index (χ3v) is 5.12. The average molecular weight is 453 g/mol. The third-order valence-electron chi connectivity index (χ3n) is 5.12. The van der Waals surface area contributed by atoms with Crippen molar-refractivity contribution >= 4 is 6.03 Å². The second-order valence-corrected chi connectivity index (χ2v) is 7.54. The summed E-state index contributed by atoms with van der Waals surface area (Å²) in [5.41, 5.74) is 2.47. The molecule has 0 unspecified atom stereocenters. The Balaban J connectivity index is 2.01. The molecule has 0 aliphatic rings. The number of hydrogen-bond acceptors (Lipinski definition) is 5. The highest BCUT2D eigenvalue weighted by atomic mass is 16.5. The van der Waals surface area contributed by atoms with Crippen LogP contribution in [0.15, 0.2) is 54.6 Å². The number of amides is 2. The highest BCUT2D eigenvalue weighted by molar-refractivity contribution is 5.74. The molecule has 0 aliphatic heterocycles. The Bertz CT molecular complexity index is 1040. The first-order chi connectivity index (χ1) is 16.1. The number of methoxy groups -OCH3 is 2. The molecular formula is C25H32N4O4. The second kappa shape index (κ2) is 11.9. The van der Waals surface area contributed by atoms with Gasteiger partial charge >= 0.3 is 6.03 Å². The average Bonchev–Trinajstić information content (AvgIpc) is 3.15. The van der Waals surface area contributed by atoms with Gasteiger partial charge in [0.2, 0.25) is 5.88 Å². The van der Waals surface area contributed by atoms with Crippen molar-refractivity contribution in [3.05, 3.63) is 65.9 Å². The zero-order chi connectivity index (χ0) is 23.6. The fourth-order valence-corrected chi connectivity index (χ4v) is 3.33. The summed E-state index contributed by atoms with van der Waals surface area (Å²) in [4.78, 5) is 14.5. The van der Waals surface area contributed by atoms with E-state index in [0.717, 1.165) is 23.4 Å². The quantitative estimate of drug-likeness (QED) is 0.462. The molecule has 0 atom stereocenters. The van der Waals surface area contributed by atoms with Gasteiger partial charge in [0.15, 0.2) is 0 Å². The zero-order valence-corrected chi connectivity index (χ0v) is 19.7. The molecule has 33 heavy (non-hydrogen) atoms. The van der Waals surface area contributed by atoms with Crippen LogP contribution in [0.2, 0.25) is 0 Å². The van der Waals surface area contributed by atoms with Crippen LogP contribution in [0, 0.1) is 6.92 Å². The number of nitrogens with zero attached hydrogens (tertiary/aromatic N) is 3. The molecule has 1 aromatic heterocycles. The monoisotopic (exact) mass is 452 g/mol. The van der Waals surface area contributed by atoms with Crippen molar-refractivity contribution in [3.63, 3.8) is 0 Å². The van der Waals surface area contributed by atoms with E-state index in [2.05, 4.69) is 5.32 Å². The zero-order valence-electron chi connectivity index (χ0n) is 19.7. The molecule has 8 heteroatoms. The van der Waals surface area contributed by atoms with Crippen LogP contribution in [-0.2, 0) is 11.3 Å². The Labute approximate surface area is 195 Å². The lowest BCUT2D eigenvalue weighted by atomic mass is 10.2. The fraction of sp³-hybridized carbons (Fsp3) is 0.360. The first-order valence-corrected chi connectivity index (χ1v) is 11.0. The molecule has 176 valence electrons. The number of aromatic nitrogens is 2. The smallest absolute Gasteiger partial charge is 0.317 e. The lowest BCUT2D eigenvalue weighted by Crippen LogP contribution is -2.41. The van der Waals surface area contributed by atoms with Crippen LogP contribution in [0.25, 0.3) is 5.69 Å². The summed E-state index contributed by atoms with van der Waals surface area (Å²) in [6.07, 6.45) is 0.860. The minimum Gasteiger partial charge on any atom is -0.497 e. The van der Waals surface area contributed by atoms with Crippen LogP contribution in [0.4, 0.5) is 4.79 Å². The molecule has 1 heterocycles. The van der Waals surface area contributed by atoms with Gasteiger partial charge in [-0.05, 0) is 37.6 Å². The first-order valence-electron chi connectivity index (χ1n) is 11.0. The van der Waals surface area contributed by atoms with E-state index >= 15 is 0 Å². The molecule has 3 aromatic rings. The Hall–Kier alpha value is -3.52. The van der Waals surface area contributed by atoms with Gasteiger partial charge in [-0.1, -0.05) is 31.2 Å². The number of urea groups is 1. The number of para-hydroxylation sites is 1. The van der Waals surface area contributed by atoms with E-state index in [9.17, 15) is 4.79 Å². The van der Waals surface area contributed by atoms with Crippen molar-refractivity contribution in [2.24, 2.45) is 0 Å². The van der Waals surface area contributed by atoms with E-state index in [-0.39, 0.29) is 6.03 Å². The second-order valence-electron chi connectivity index (χ2n) is 7.54. The van der Waals surface area contributed by atoms with Crippen LogP contribution in [0.1, 0.15) is 24.6 Å². The molecule has 1 N–H and O–H groups in total. The summed E-state index contributed by atoms with van der Waals surface area (Å²) in [5.74, 6) is 1.86. The Kier molecular flexibility index (Phi) is 8.71. The lowest BCUT2D eigenvalue weighted by Gasteiger charge is -2.23. The fourth-order valence-electron chi connectivity index (χ4n) is 3.33. The van der Waals surface area contributed by atoms with Gasteiger partial charge in [-0.2, -0.15) is 5.10 Å². The van der Waals surface area contributed by atoms with E-state index in [1.807, 2.05) is 68.4 Å². The summed E-state index contributed by atoms with van der Waals surface area (Å²) in [7, 11) is 3.24. The van der Waals surface area contributed by atoms with E-state index in [0.29, 0.717) is 43.6 Å². The predicted molar refractivity (Wildman–Crippen MR) is 127 cm³/mol. The van der Waals surface area contributed by atoms with Gasteiger partial charge in [0.05, 0.1) is 37.2 Å². The molecule has 3 rings (SSSR count). The maximum Gasteiger partial charge on any atom is 0.317 e. The molecule has 0 bridgehead atoms. The summed E-state index contributed by atoms with van der Waals surface area (Å²) in [6, 6.07) is 17.0. The number of ether oxygens (including phenoxy) is 3. The minimum atomic E-state index is -0.145.